The number of nitrogen functional groups attached to an aromatic ring is 1. The number of rotatable bonds is 5. The Morgan fingerprint density at radius 1 is 1.04 bits per heavy atom. The van der Waals surface area contributed by atoms with E-state index in [0.29, 0.717) is 16.3 Å². The lowest BCUT2D eigenvalue weighted by Crippen LogP contribution is -2.03. The topological polar surface area (TPSA) is 88.5 Å². The molecule has 0 fully saturated rings. The highest BCUT2D eigenvalue weighted by Gasteiger charge is 2.15. The molecule has 2 N–H and O–H groups in total. The Morgan fingerprint density at radius 2 is 1.83 bits per heavy atom. The summed E-state index contributed by atoms with van der Waals surface area (Å²) in [6.45, 7) is 0. The monoisotopic (exact) mass is 333 g/mol. The summed E-state index contributed by atoms with van der Waals surface area (Å²) in [5.41, 5.74) is 8.74. The zero-order valence-corrected chi connectivity index (χ0v) is 13.7. The summed E-state index contributed by atoms with van der Waals surface area (Å²) in [5.74, 6) is 0.935. The average molecular weight is 333 g/mol. The molecule has 0 aliphatic carbocycles. The predicted molar refractivity (Wildman–Crippen MR) is 95.3 cm³/mol. The van der Waals surface area contributed by atoms with Crippen LogP contribution in [-0.2, 0) is 6.42 Å². The number of nitriles is 1. The van der Waals surface area contributed by atoms with E-state index in [0.717, 1.165) is 23.4 Å². The first kappa shape index (κ1) is 16.0. The fraction of sp³-hybridized carbons (Fsp3) is 0.111. The molecule has 3 rings (SSSR count). The maximum atomic E-state index is 9.57. The fourth-order valence-electron chi connectivity index (χ4n) is 2.27. The lowest BCUT2D eigenvalue weighted by Gasteiger charge is -2.09. The zero-order chi connectivity index (χ0) is 16.8. The van der Waals surface area contributed by atoms with Crippen molar-refractivity contribution in [2.24, 2.45) is 0 Å². The van der Waals surface area contributed by atoms with E-state index in [9.17, 15) is 5.26 Å². The van der Waals surface area contributed by atoms with Crippen molar-refractivity contribution < 1.29 is 0 Å². The van der Waals surface area contributed by atoms with Gasteiger partial charge in [-0.15, -0.1) is 11.8 Å². The van der Waals surface area contributed by atoms with E-state index in [1.165, 1.54) is 11.8 Å². The second-order valence-electron chi connectivity index (χ2n) is 5.01. The Hall–Kier alpha value is -2.91. The van der Waals surface area contributed by atoms with Crippen LogP contribution in [0.15, 0.2) is 59.8 Å². The van der Waals surface area contributed by atoms with Crippen LogP contribution in [0.3, 0.4) is 0 Å². The largest absolute Gasteiger partial charge is 0.368 e. The highest BCUT2D eigenvalue weighted by atomic mass is 32.2. The van der Waals surface area contributed by atoms with E-state index in [-0.39, 0.29) is 5.95 Å². The normalized spacial score (nSPS) is 10.3. The quantitative estimate of drug-likeness (QED) is 0.569. The summed E-state index contributed by atoms with van der Waals surface area (Å²) in [7, 11) is 0. The molecule has 0 amide bonds. The molecule has 0 saturated carbocycles. The van der Waals surface area contributed by atoms with E-state index >= 15 is 0 Å². The van der Waals surface area contributed by atoms with E-state index in [1.807, 2.05) is 48.5 Å². The molecule has 0 bridgehead atoms. The standard InChI is InChI=1S/C18H15N5S/c19-12-15-16(13-6-2-1-3-7-13)22-18(20)23-17(15)24-11-9-14-8-4-5-10-21-14/h1-8,10H,9,11H2,(H2,20,22,23). The molecule has 0 saturated heterocycles. The molecular formula is C18H15N5S. The molecule has 0 aliphatic heterocycles. The molecule has 0 spiro atoms. The second-order valence-corrected chi connectivity index (χ2v) is 6.09. The molecular weight excluding hydrogens is 318 g/mol. The summed E-state index contributed by atoms with van der Waals surface area (Å²) in [6, 6.07) is 17.6. The van der Waals surface area contributed by atoms with Crippen molar-refractivity contribution in [1.29, 1.82) is 5.26 Å². The van der Waals surface area contributed by atoms with Crippen molar-refractivity contribution in [1.82, 2.24) is 15.0 Å². The van der Waals surface area contributed by atoms with Gasteiger partial charge in [0, 0.05) is 23.2 Å². The Morgan fingerprint density at radius 3 is 2.54 bits per heavy atom. The number of aromatic nitrogens is 3. The first-order valence-corrected chi connectivity index (χ1v) is 8.42. The molecule has 3 aromatic rings. The van der Waals surface area contributed by atoms with Crippen molar-refractivity contribution in [3.63, 3.8) is 0 Å². The summed E-state index contributed by atoms with van der Waals surface area (Å²) >= 11 is 1.50. The van der Waals surface area contributed by atoms with Crippen LogP contribution in [0.1, 0.15) is 11.3 Å². The molecule has 0 atom stereocenters. The molecule has 0 aliphatic rings. The van der Waals surface area contributed by atoms with Crippen LogP contribution in [0.4, 0.5) is 5.95 Å². The van der Waals surface area contributed by atoms with Crippen LogP contribution in [0.5, 0.6) is 0 Å². The third-order valence-corrected chi connectivity index (χ3v) is 4.35. The third-order valence-electron chi connectivity index (χ3n) is 3.38. The van der Waals surface area contributed by atoms with Gasteiger partial charge >= 0.3 is 0 Å². The maximum Gasteiger partial charge on any atom is 0.221 e. The van der Waals surface area contributed by atoms with Gasteiger partial charge in [0.2, 0.25) is 5.95 Å². The smallest absolute Gasteiger partial charge is 0.221 e. The van der Waals surface area contributed by atoms with Crippen molar-refractivity contribution in [3.8, 4) is 17.3 Å². The van der Waals surface area contributed by atoms with Crippen molar-refractivity contribution in [2.75, 3.05) is 11.5 Å². The van der Waals surface area contributed by atoms with E-state index < -0.39 is 0 Å². The van der Waals surface area contributed by atoms with Gasteiger partial charge in [-0.3, -0.25) is 4.98 Å². The highest BCUT2D eigenvalue weighted by Crippen LogP contribution is 2.29. The van der Waals surface area contributed by atoms with Crippen molar-refractivity contribution >= 4 is 17.7 Å². The average Bonchev–Trinajstić information content (AvgIpc) is 2.63. The molecule has 5 nitrogen and oxygen atoms in total. The SMILES string of the molecule is N#Cc1c(SCCc2ccccn2)nc(N)nc1-c1ccccc1. The van der Waals surface area contributed by atoms with Gasteiger partial charge in [0.25, 0.3) is 0 Å². The van der Waals surface area contributed by atoms with Crippen LogP contribution in [0.2, 0.25) is 0 Å². The Labute approximate surface area is 144 Å². The van der Waals surface area contributed by atoms with Gasteiger partial charge in [0.15, 0.2) is 0 Å². The Bertz CT molecular complexity index is 860. The van der Waals surface area contributed by atoms with Crippen LogP contribution in [0.25, 0.3) is 11.3 Å². The summed E-state index contributed by atoms with van der Waals surface area (Å²) in [6.07, 6.45) is 2.57. The number of hydrogen-bond acceptors (Lipinski definition) is 6. The zero-order valence-electron chi connectivity index (χ0n) is 12.9. The Kier molecular flexibility index (Phi) is 5.04. The lowest BCUT2D eigenvalue weighted by atomic mass is 10.1. The van der Waals surface area contributed by atoms with Crippen LogP contribution >= 0.6 is 11.8 Å². The van der Waals surface area contributed by atoms with Gasteiger partial charge in [-0.1, -0.05) is 36.4 Å². The number of nitrogens with zero attached hydrogens (tertiary/aromatic N) is 4. The van der Waals surface area contributed by atoms with Gasteiger partial charge in [0.05, 0.1) is 5.69 Å². The van der Waals surface area contributed by atoms with E-state index in [1.54, 1.807) is 6.20 Å². The fourth-order valence-corrected chi connectivity index (χ4v) is 3.21. The van der Waals surface area contributed by atoms with Gasteiger partial charge < -0.3 is 5.73 Å². The number of nitrogens with two attached hydrogens (primary N) is 1. The molecule has 24 heavy (non-hydrogen) atoms. The number of pyridine rings is 1. The Balaban J connectivity index is 1.85. The van der Waals surface area contributed by atoms with Crippen LogP contribution in [-0.4, -0.2) is 20.7 Å². The minimum Gasteiger partial charge on any atom is -0.368 e. The highest BCUT2D eigenvalue weighted by molar-refractivity contribution is 7.99. The second kappa shape index (κ2) is 7.57. The minimum absolute atomic E-state index is 0.174. The van der Waals surface area contributed by atoms with E-state index in [2.05, 4.69) is 21.0 Å². The van der Waals surface area contributed by atoms with Crippen molar-refractivity contribution in [3.05, 3.63) is 66.0 Å². The number of benzene rings is 1. The van der Waals surface area contributed by atoms with Crippen LogP contribution < -0.4 is 5.73 Å². The summed E-state index contributed by atoms with van der Waals surface area (Å²) in [5, 5.41) is 10.2. The molecule has 0 unspecified atom stereocenters. The van der Waals surface area contributed by atoms with Gasteiger partial charge in [-0.2, -0.15) is 5.26 Å². The number of anilines is 1. The van der Waals surface area contributed by atoms with Gasteiger partial charge in [-0.05, 0) is 18.6 Å². The number of hydrogen-bond donors (Lipinski definition) is 1. The van der Waals surface area contributed by atoms with Crippen LogP contribution in [0, 0.1) is 11.3 Å². The van der Waals surface area contributed by atoms with Gasteiger partial charge in [0.1, 0.15) is 16.7 Å². The molecule has 2 aromatic heterocycles. The first-order chi connectivity index (χ1) is 11.8. The number of thioether (sulfide) groups is 1. The molecule has 0 radical (unpaired) electrons. The minimum atomic E-state index is 0.174. The lowest BCUT2D eigenvalue weighted by molar-refractivity contribution is 1.02. The summed E-state index contributed by atoms with van der Waals surface area (Å²) < 4.78 is 0. The molecule has 2 heterocycles. The molecule has 6 heteroatoms. The van der Waals surface area contributed by atoms with Gasteiger partial charge in [-0.25, -0.2) is 9.97 Å². The first-order valence-electron chi connectivity index (χ1n) is 7.43. The maximum absolute atomic E-state index is 9.57. The summed E-state index contributed by atoms with van der Waals surface area (Å²) in [4.78, 5) is 12.8. The molecule has 1 aromatic carbocycles. The molecule has 118 valence electrons. The third kappa shape index (κ3) is 3.70. The van der Waals surface area contributed by atoms with E-state index in [4.69, 9.17) is 5.73 Å². The van der Waals surface area contributed by atoms with Crippen molar-refractivity contribution in [2.45, 2.75) is 11.4 Å². The predicted octanol–water partition coefficient (Wildman–Crippen LogP) is 3.33. The number of aryl methyl sites for hydroxylation is 1.